The maximum atomic E-state index is 14.7. The van der Waals surface area contributed by atoms with Gasteiger partial charge < -0.3 is 15.6 Å². The molecule has 6 nitrogen and oxygen atoms in total. The van der Waals surface area contributed by atoms with E-state index < -0.39 is 12.6 Å². The highest BCUT2D eigenvalue weighted by Crippen LogP contribution is 2.26. The number of hydrogen-bond acceptors (Lipinski definition) is 5. The monoisotopic (exact) mass is 342 g/mol. The van der Waals surface area contributed by atoms with Gasteiger partial charge in [0.05, 0.1) is 25.6 Å². The number of rotatable bonds is 6. The standard InChI is InChI=1S/C18H19FN4O2/c1-25-16-7-6-14(10-21-16)23-17(19)15(11-24)22-18(23)13-4-2-12(3-5-13)8-9-20/h2-7,10,24H,8-9,11,20H2,1H3. The van der Waals surface area contributed by atoms with E-state index in [1.165, 1.54) is 17.9 Å². The van der Waals surface area contributed by atoms with Gasteiger partial charge in [0.25, 0.3) is 0 Å². The summed E-state index contributed by atoms with van der Waals surface area (Å²) in [7, 11) is 1.51. The highest BCUT2D eigenvalue weighted by atomic mass is 19.1. The number of nitrogens with two attached hydrogens (primary N) is 1. The molecular weight excluding hydrogens is 323 g/mol. The largest absolute Gasteiger partial charge is 0.481 e. The fraction of sp³-hybridized carbons (Fsp3) is 0.222. The average molecular weight is 342 g/mol. The van der Waals surface area contributed by atoms with E-state index >= 15 is 0 Å². The minimum atomic E-state index is -0.615. The molecule has 0 radical (unpaired) electrons. The maximum absolute atomic E-state index is 14.7. The highest BCUT2D eigenvalue weighted by molar-refractivity contribution is 5.60. The van der Waals surface area contributed by atoms with Crippen molar-refractivity contribution in [2.75, 3.05) is 13.7 Å². The van der Waals surface area contributed by atoms with Crippen LogP contribution in [0.2, 0.25) is 0 Å². The Bertz CT molecular complexity index is 845. The summed E-state index contributed by atoms with van der Waals surface area (Å²) in [6, 6.07) is 10.9. The Balaban J connectivity index is 2.09. The Hall–Kier alpha value is -2.77. The molecule has 3 aromatic rings. The van der Waals surface area contributed by atoms with Gasteiger partial charge in [-0.2, -0.15) is 4.39 Å². The Kier molecular flexibility index (Phi) is 5.06. The van der Waals surface area contributed by atoms with Crippen molar-refractivity contribution in [1.29, 1.82) is 0 Å². The average Bonchev–Trinajstić information content (AvgIpc) is 2.99. The first-order chi connectivity index (χ1) is 12.2. The first-order valence-electron chi connectivity index (χ1n) is 7.85. The smallest absolute Gasteiger partial charge is 0.224 e. The maximum Gasteiger partial charge on any atom is 0.224 e. The van der Waals surface area contributed by atoms with Crippen LogP contribution in [0, 0.1) is 5.95 Å². The molecule has 0 bridgehead atoms. The molecule has 0 spiro atoms. The number of methoxy groups -OCH3 is 1. The van der Waals surface area contributed by atoms with Crippen LogP contribution in [0.15, 0.2) is 42.6 Å². The molecule has 0 aliphatic carbocycles. The SMILES string of the molecule is COc1ccc(-n2c(-c3ccc(CCN)cc3)nc(CO)c2F)cn1. The number of benzene rings is 1. The molecule has 1 aromatic carbocycles. The zero-order chi connectivity index (χ0) is 17.8. The number of hydrogen-bond donors (Lipinski definition) is 2. The number of pyridine rings is 1. The second-order valence-electron chi connectivity index (χ2n) is 5.46. The summed E-state index contributed by atoms with van der Waals surface area (Å²) < 4.78 is 21.1. The van der Waals surface area contributed by atoms with Crippen molar-refractivity contribution in [3.63, 3.8) is 0 Å². The summed E-state index contributed by atoms with van der Waals surface area (Å²) in [4.78, 5) is 8.36. The van der Waals surface area contributed by atoms with Crippen LogP contribution in [-0.2, 0) is 13.0 Å². The Morgan fingerprint density at radius 1 is 1.20 bits per heavy atom. The van der Waals surface area contributed by atoms with Gasteiger partial charge in [0, 0.05) is 11.6 Å². The predicted molar refractivity (Wildman–Crippen MR) is 92.0 cm³/mol. The molecule has 2 aromatic heterocycles. The summed E-state index contributed by atoms with van der Waals surface area (Å²) in [5.74, 6) is 0.211. The topological polar surface area (TPSA) is 86.2 Å². The number of aliphatic hydroxyl groups excluding tert-OH is 1. The van der Waals surface area contributed by atoms with Gasteiger partial charge in [-0.3, -0.25) is 4.57 Å². The Labute approximate surface area is 144 Å². The molecule has 0 saturated heterocycles. The quantitative estimate of drug-likeness (QED) is 0.716. The second kappa shape index (κ2) is 7.42. The fourth-order valence-electron chi connectivity index (χ4n) is 2.59. The van der Waals surface area contributed by atoms with Crippen LogP contribution in [-0.4, -0.2) is 33.3 Å². The lowest BCUT2D eigenvalue weighted by Crippen LogP contribution is -2.03. The first-order valence-corrected chi connectivity index (χ1v) is 7.85. The van der Waals surface area contributed by atoms with Crippen molar-refractivity contribution in [3.05, 3.63) is 59.8 Å². The summed E-state index contributed by atoms with van der Waals surface area (Å²) in [5, 5.41) is 9.38. The zero-order valence-electron chi connectivity index (χ0n) is 13.8. The van der Waals surface area contributed by atoms with Gasteiger partial charge in [-0.05, 0) is 24.6 Å². The molecule has 130 valence electrons. The molecule has 0 amide bonds. The number of halogens is 1. The van der Waals surface area contributed by atoms with E-state index in [9.17, 15) is 9.50 Å². The van der Waals surface area contributed by atoms with E-state index in [1.54, 1.807) is 12.1 Å². The molecule has 0 saturated carbocycles. The molecule has 3 N–H and O–H groups in total. The molecule has 0 aliphatic heterocycles. The highest BCUT2D eigenvalue weighted by Gasteiger charge is 2.19. The van der Waals surface area contributed by atoms with Gasteiger partial charge in [-0.1, -0.05) is 24.3 Å². The van der Waals surface area contributed by atoms with Crippen molar-refractivity contribution in [1.82, 2.24) is 14.5 Å². The van der Waals surface area contributed by atoms with Crippen LogP contribution < -0.4 is 10.5 Å². The van der Waals surface area contributed by atoms with Crippen molar-refractivity contribution >= 4 is 0 Å². The molecule has 0 fully saturated rings. The lowest BCUT2D eigenvalue weighted by Gasteiger charge is -2.09. The van der Waals surface area contributed by atoms with E-state index in [4.69, 9.17) is 10.5 Å². The van der Waals surface area contributed by atoms with Crippen molar-refractivity contribution < 1.29 is 14.2 Å². The third-order valence-corrected chi connectivity index (χ3v) is 3.87. The van der Waals surface area contributed by atoms with Crippen molar-refractivity contribution in [2.45, 2.75) is 13.0 Å². The third-order valence-electron chi connectivity index (χ3n) is 3.87. The van der Waals surface area contributed by atoms with Crippen molar-refractivity contribution in [2.24, 2.45) is 5.73 Å². The zero-order valence-corrected chi connectivity index (χ0v) is 13.8. The fourth-order valence-corrected chi connectivity index (χ4v) is 2.59. The summed E-state index contributed by atoms with van der Waals surface area (Å²) >= 11 is 0. The van der Waals surface area contributed by atoms with Crippen LogP contribution in [0.5, 0.6) is 5.88 Å². The van der Waals surface area contributed by atoms with Gasteiger partial charge in [0.15, 0.2) is 0 Å². The van der Waals surface area contributed by atoms with E-state index in [2.05, 4.69) is 9.97 Å². The van der Waals surface area contributed by atoms with Gasteiger partial charge >= 0.3 is 0 Å². The van der Waals surface area contributed by atoms with E-state index in [-0.39, 0.29) is 5.69 Å². The molecular formula is C18H19FN4O2. The minimum absolute atomic E-state index is 0.0168. The van der Waals surface area contributed by atoms with Crippen LogP contribution >= 0.6 is 0 Å². The van der Waals surface area contributed by atoms with Gasteiger partial charge in [-0.15, -0.1) is 0 Å². The molecule has 2 heterocycles. The Morgan fingerprint density at radius 2 is 1.96 bits per heavy atom. The lowest BCUT2D eigenvalue weighted by molar-refractivity contribution is 0.270. The molecule has 3 rings (SSSR count). The van der Waals surface area contributed by atoms with E-state index in [1.807, 2.05) is 24.3 Å². The van der Waals surface area contributed by atoms with E-state index in [0.717, 1.165) is 17.5 Å². The Morgan fingerprint density at radius 3 is 2.52 bits per heavy atom. The van der Waals surface area contributed by atoms with Gasteiger partial charge in [0.1, 0.15) is 11.5 Å². The molecule has 25 heavy (non-hydrogen) atoms. The number of ether oxygens (including phenoxy) is 1. The lowest BCUT2D eigenvalue weighted by atomic mass is 10.1. The number of aromatic nitrogens is 3. The second-order valence-corrected chi connectivity index (χ2v) is 5.46. The van der Waals surface area contributed by atoms with Crippen LogP contribution in [0.4, 0.5) is 4.39 Å². The van der Waals surface area contributed by atoms with E-state index in [0.29, 0.717) is 23.9 Å². The van der Waals surface area contributed by atoms with Crippen LogP contribution in [0.3, 0.4) is 0 Å². The summed E-state index contributed by atoms with van der Waals surface area (Å²) in [6.07, 6.45) is 2.27. The predicted octanol–water partition coefficient (Wildman–Crippen LogP) is 2.08. The summed E-state index contributed by atoms with van der Waals surface area (Å²) in [6.45, 7) is 0.0788. The normalized spacial score (nSPS) is 10.9. The third kappa shape index (κ3) is 3.38. The van der Waals surface area contributed by atoms with Gasteiger partial charge in [0.2, 0.25) is 11.8 Å². The summed E-state index contributed by atoms with van der Waals surface area (Å²) in [5.41, 5.74) is 7.87. The van der Waals surface area contributed by atoms with Crippen LogP contribution in [0.1, 0.15) is 11.3 Å². The van der Waals surface area contributed by atoms with Crippen molar-refractivity contribution in [3.8, 4) is 23.0 Å². The van der Waals surface area contributed by atoms with Gasteiger partial charge in [-0.25, -0.2) is 9.97 Å². The molecule has 7 heteroatoms. The first kappa shape index (κ1) is 17.1. The minimum Gasteiger partial charge on any atom is -0.481 e. The van der Waals surface area contributed by atoms with Crippen LogP contribution in [0.25, 0.3) is 17.1 Å². The molecule has 0 aliphatic rings. The number of nitrogens with zero attached hydrogens (tertiary/aromatic N) is 3. The molecule has 0 atom stereocenters. The number of aliphatic hydroxyl groups is 1. The number of imidazole rings is 1. The molecule has 0 unspecified atom stereocenters.